The molecule has 5 nitrogen and oxygen atoms in total. The minimum atomic E-state index is -3.57. The zero-order chi connectivity index (χ0) is 19.7. The van der Waals surface area contributed by atoms with E-state index in [0.717, 1.165) is 22.0 Å². The van der Waals surface area contributed by atoms with Crippen LogP contribution in [0.2, 0.25) is 0 Å². The van der Waals surface area contributed by atoms with Crippen molar-refractivity contribution in [1.29, 1.82) is 0 Å². The molecule has 0 saturated carbocycles. The summed E-state index contributed by atoms with van der Waals surface area (Å²) in [6, 6.07) is 15.6. The fourth-order valence-corrected chi connectivity index (χ4v) is 5.42. The molecule has 1 aromatic heterocycles. The molecule has 0 radical (unpaired) electrons. The van der Waals surface area contributed by atoms with Crippen molar-refractivity contribution < 1.29 is 8.42 Å². The van der Waals surface area contributed by atoms with Crippen molar-refractivity contribution in [1.82, 2.24) is 14.2 Å². The quantitative estimate of drug-likeness (QED) is 0.594. The number of benzene rings is 2. The van der Waals surface area contributed by atoms with Gasteiger partial charge in [0.2, 0.25) is 10.0 Å². The molecule has 7 heteroatoms. The molecule has 0 unspecified atom stereocenters. The monoisotopic (exact) mass is 459 g/mol. The van der Waals surface area contributed by atoms with Gasteiger partial charge in [-0.25, -0.2) is 8.42 Å². The molecule has 1 aliphatic rings. The zero-order valence-electron chi connectivity index (χ0n) is 15.7. The number of aryl methyl sites for hydroxylation is 1. The second-order valence-corrected chi connectivity index (χ2v) is 9.97. The van der Waals surface area contributed by atoms with Crippen LogP contribution in [-0.2, 0) is 16.6 Å². The van der Waals surface area contributed by atoms with Crippen LogP contribution in [0.15, 0.2) is 64.1 Å². The van der Waals surface area contributed by atoms with Gasteiger partial charge in [-0.1, -0.05) is 40.2 Å². The topological polar surface area (TPSA) is 53.5 Å². The van der Waals surface area contributed by atoms with Crippen molar-refractivity contribution >= 4 is 36.9 Å². The Kier molecular flexibility index (Phi) is 5.51. The third-order valence-corrected chi connectivity index (χ3v) is 7.54. The van der Waals surface area contributed by atoms with E-state index >= 15 is 0 Å². The van der Waals surface area contributed by atoms with E-state index in [0.29, 0.717) is 36.6 Å². The number of hydrogen-bond donors (Lipinski definition) is 0. The van der Waals surface area contributed by atoms with Gasteiger partial charge in [-0.05, 0) is 42.3 Å². The molecule has 28 heavy (non-hydrogen) atoms. The number of halogens is 1. The highest BCUT2D eigenvalue weighted by Crippen LogP contribution is 2.26. The highest BCUT2D eigenvalue weighted by molar-refractivity contribution is 9.10. The van der Waals surface area contributed by atoms with Crippen molar-refractivity contribution in [2.45, 2.75) is 18.4 Å². The maximum absolute atomic E-state index is 13.3. The minimum absolute atomic E-state index is 0.298. The van der Waals surface area contributed by atoms with Crippen LogP contribution in [0.5, 0.6) is 0 Å². The molecule has 0 aliphatic carbocycles. The molecule has 0 spiro atoms. The second-order valence-electron chi connectivity index (χ2n) is 7.15. The summed E-state index contributed by atoms with van der Waals surface area (Å²) in [6.45, 7) is 5.19. The van der Waals surface area contributed by atoms with Crippen LogP contribution in [0.1, 0.15) is 11.1 Å². The summed E-state index contributed by atoms with van der Waals surface area (Å²) in [7, 11) is -3.57. The maximum Gasteiger partial charge on any atom is 0.245 e. The fourth-order valence-electron chi connectivity index (χ4n) is 3.57. The smallest absolute Gasteiger partial charge is 0.245 e. The number of hydrogen-bond acceptors (Lipinski definition) is 4. The van der Waals surface area contributed by atoms with E-state index in [-0.39, 0.29) is 0 Å². The van der Waals surface area contributed by atoms with Gasteiger partial charge in [0.1, 0.15) is 4.90 Å². The molecular weight excluding hydrogens is 438 g/mol. The Hall–Kier alpha value is -1.80. The first kappa shape index (κ1) is 19.5. The van der Waals surface area contributed by atoms with Gasteiger partial charge in [0.25, 0.3) is 0 Å². The van der Waals surface area contributed by atoms with Crippen LogP contribution in [0.3, 0.4) is 0 Å². The van der Waals surface area contributed by atoms with Crippen molar-refractivity contribution in [2.75, 3.05) is 26.2 Å². The van der Waals surface area contributed by atoms with Crippen LogP contribution in [0.4, 0.5) is 0 Å². The fraction of sp³-hybridized carbons (Fsp3) is 0.286. The van der Waals surface area contributed by atoms with E-state index in [2.05, 4.69) is 37.9 Å². The highest BCUT2D eigenvalue weighted by Gasteiger charge is 2.30. The molecule has 0 bridgehead atoms. The van der Waals surface area contributed by atoms with E-state index in [1.54, 1.807) is 22.6 Å². The molecule has 2 aromatic carbocycles. The summed E-state index contributed by atoms with van der Waals surface area (Å²) in [5, 5.41) is 0.856. The van der Waals surface area contributed by atoms with Gasteiger partial charge < -0.3 is 0 Å². The Labute approximate surface area is 174 Å². The van der Waals surface area contributed by atoms with Gasteiger partial charge >= 0.3 is 0 Å². The number of aromatic nitrogens is 1. The first-order chi connectivity index (χ1) is 13.4. The Morgan fingerprint density at radius 3 is 2.46 bits per heavy atom. The Balaban J connectivity index is 1.50. The standard InChI is InChI=1S/C21H22BrN3O2S/c1-16-13-18-3-2-4-20(21(18)23-14-16)28(26,27)25-11-9-24(10-12-25)15-17-5-7-19(22)8-6-17/h2-8,13-14H,9-12,15H2,1H3. The lowest BCUT2D eigenvalue weighted by Crippen LogP contribution is -2.48. The molecule has 1 aliphatic heterocycles. The zero-order valence-corrected chi connectivity index (χ0v) is 18.1. The molecule has 2 heterocycles. The van der Waals surface area contributed by atoms with Gasteiger partial charge in [0, 0.05) is 48.8 Å². The van der Waals surface area contributed by atoms with E-state index in [1.807, 2.05) is 31.2 Å². The SMILES string of the molecule is Cc1cnc2c(S(=O)(=O)N3CCN(Cc4ccc(Br)cc4)CC3)cccc2c1. The molecule has 4 rings (SSSR count). The molecule has 0 atom stereocenters. The average molecular weight is 460 g/mol. The summed E-state index contributed by atoms with van der Waals surface area (Å²) >= 11 is 3.45. The highest BCUT2D eigenvalue weighted by atomic mass is 79.9. The Morgan fingerprint density at radius 2 is 1.75 bits per heavy atom. The summed E-state index contributed by atoms with van der Waals surface area (Å²) < 4.78 is 29.1. The Morgan fingerprint density at radius 1 is 1.04 bits per heavy atom. The molecule has 1 saturated heterocycles. The number of piperazine rings is 1. The minimum Gasteiger partial charge on any atom is -0.296 e. The van der Waals surface area contributed by atoms with Crippen molar-refractivity contribution in [2.24, 2.45) is 0 Å². The number of sulfonamides is 1. The van der Waals surface area contributed by atoms with Gasteiger partial charge in [-0.3, -0.25) is 9.88 Å². The lowest BCUT2D eigenvalue weighted by atomic mass is 10.2. The van der Waals surface area contributed by atoms with Crippen LogP contribution in [0.25, 0.3) is 10.9 Å². The largest absolute Gasteiger partial charge is 0.296 e. The lowest BCUT2D eigenvalue weighted by Gasteiger charge is -2.34. The Bertz CT molecular complexity index is 1090. The molecule has 0 N–H and O–H groups in total. The van der Waals surface area contributed by atoms with Crippen molar-refractivity contribution in [3.05, 3.63) is 70.3 Å². The maximum atomic E-state index is 13.3. The van der Waals surface area contributed by atoms with Crippen LogP contribution in [0, 0.1) is 6.92 Å². The number of rotatable bonds is 4. The third kappa shape index (κ3) is 3.98. The number of para-hydroxylation sites is 1. The second kappa shape index (κ2) is 7.91. The van der Waals surface area contributed by atoms with Gasteiger partial charge in [0.15, 0.2) is 0 Å². The molecule has 0 amide bonds. The average Bonchev–Trinajstić information content (AvgIpc) is 2.69. The summed E-state index contributed by atoms with van der Waals surface area (Å²) in [6.07, 6.45) is 1.72. The summed E-state index contributed by atoms with van der Waals surface area (Å²) in [5.41, 5.74) is 2.79. The van der Waals surface area contributed by atoms with E-state index in [1.165, 1.54) is 5.56 Å². The number of nitrogens with zero attached hydrogens (tertiary/aromatic N) is 3. The first-order valence-electron chi connectivity index (χ1n) is 9.26. The van der Waals surface area contributed by atoms with Crippen LogP contribution in [-0.4, -0.2) is 48.8 Å². The first-order valence-corrected chi connectivity index (χ1v) is 11.5. The predicted octanol–water partition coefficient (Wildman–Crippen LogP) is 3.81. The number of pyridine rings is 1. The van der Waals surface area contributed by atoms with Crippen molar-refractivity contribution in [3.8, 4) is 0 Å². The molecular formula is C21H22BrN3O2S. The summed E-state index contributed by atoms with van der Waals surface area (Å²) in [5.74, 6) is 0. The molecule has 146 valence electrons. The van der Waals surface area contributed by atoms with Crippen molar-refractivity contribution in [3.63, 3.8) is 0 Å². The van der Waals surface area contributed by atoms with E-state index in [9.17, 15) is 8.42 Å². The van der Waals surface area contributed by atoms with Crippen LogP contribution < -0.4 is 0 Å². The third-order valence-electron chi connectivity index (χ3n) is 5.08. The lowest BCUT2D eigenvalue weighted by molar-refractivity contribution is 0.181. The summed E-state index contributed by atoms with van der Waals surface area (Å²) in [4.78, 5) is 6.99. The van der Waals surface area contributed by atoms with Gasteiger partial charge in [-0.15, -0.1) is 0 Å². The van der Waals surface area contributed by atoms with E-state index in [4.69, 9.17) is 0 Å². The van der Waals surface area contributed by atoms with E-state index < -0.39 is 10.0 Å². The van der Waals surface area contributed by atoms with Gasteiger partial charge in [0.05, 0.1) is 5.52 Å². The van der Waals surface area contributed by atoms with Gasteiger partial charge in [-0.2, -0.15) is 4.31 Å². The molecule has 1 fully saturated rings. The predicted molar refractivity (Wildman–Crippen MR) is 115 cm³/mol. The normalized spacial score (nSPS) is 16.5. The molecule has 3 aromatic rings. The van der Waals surface area contributed by atoms with Crippen LogP contribution >= 0.6 is 15.9 Å². The number of fused-ring (bicyclic) bond motifs is 1.